The number of nitrogens with one attached hydrogen (secondary N) is 1. The normalized spacial score (nSPS) is 10.5. The minimum absolute atomic E-state index is 0.170. The van der Waals surface area contributed by atoms with Gasteiger partial charge in [0, 0.05) is 10.0 Å². The van der Waals surface area contributed by atoms with Crippen molar-refractivity contribution in [2.24, 2.45) is 5.10 Å². The van der Waals surface area contributed by atoms with Crippen molar-refractivity contribution in [2.45, 2.75) is 6.92 Å². The molecule has 0 aromatic heterocycles. The molecule has 25 heavy (non-hydrogen) atoms. The average Bonchev–Trinajstić information content (AvgIpc) is 2.61. The lowest BCUT2D eigenvalue weighted by molar-refractivity contribution is -0.123. The highest BCUT2D eigenvalue weighted by molar-refractivity contribution is 9.10. The van der Waals surface area contributed by atoms with Crippen LogP contribution in [0.1, 0.15) is 12.5 Å². The molecular weight excluding hydrogens is 388 g/mol. The van der Waals surface area contributed by atoms with Crippen molar-refractivity contribution in [3.63, 3.8) is 0 Å². The third-order valence-electron chi connectivity index (χ3n) is 3.09. The molecule has 0 heterocycles. The number of hydrogen-bond acceptors (Lipinski definition) is 5. The van der Waals surface area contributed by atoms with Gasteiger partial charge >= 0.3 is 0 Å². The first kappa shape index (κ1) is 18.8. The Morgan fingerprint density at radius 1 is 1.16 bits per heavy atom. The van der Waals surface area contributed by atoms with Gasteiger partial charge in [-0.25, -0.2) is 5.43 Å². The van der Waals surface area contributed by atoms with Gasteiger partial charge in [-0.05, 0) is 37.3 Å². The molecule has 0 saturated heterocycles. The van der Waals surface area contributed by atoms with Crippen molar-refractivity contribution < 1.29 is 19.0 Å². The summed E-state index contributed by atoms with van der Waals surface area (Å²) in [7, 11) is 1.57. The van der Waals surface area contributed by atoms with E-state index in [2.05, 4.69) is 26.5 Å². The van der Waals surface area contributed by atoms with Gasteiger partial charge in [0.25, 0.3) is 5.91 Å². The number of amides is 1. The maximum atomic E-state index is 11.9. The number of carbonyl (C=O) groups excluding carboxylic acids is 1. The summed E-state index contributed by atoms with van der Waals surface area (Å²) in [6, 6.07) is 12.7. The SMILES string of the molecule is CCOc1ccccc1OCC(=O)N/N=C/c1cc(Br)ccc1OC. The number of methoxy groups -OCH3 is 1. The van der Waals surface area contributed by atoms with Gasteiger partial charge in [0.2, 0.25) is 0 Å². The highest BCUT2D eigenvalue weighted by atomic mass is 79.9. The van der Waals surface area contributed by atoms with Crippen LogP contribution in [0.15, 0.2) is 52.0 Å². The Labute approximate surface area is 154 Å². The fourth-order valence-electron chi connectivity index (χ4n) is 2.00. The van der Waals surface area contributed by atoms with Crippen LogP contribution in [0.4, 0.5) is 0 Å². The number of para-hydroxylation sites is 2. The van der Waals surface area contributed by atoms with Crippen molar-refractivity contribution in [2.75, 3.05) is 20.3 Å². The maximum Gasteiger partial charge on any atom is 0.277 e. The monoisotopic (exact) mass is 406 g/mol. The largest absolute Gasteiger partial charge is 0.496 e. The van der Waals surface area contributed by atoms with E-state index in [1.807, 2.05) is 31.2 Å². The summed E-state index contributed by atoms with van der Waals surface area (Å²) in [4.78, 5) is 11.9. The Morgan fingerprint density at radius 3 is 2.56 bits per heavy atom. The number of rotatable bonds is 8. The summed E-state index contributed by atoms with van der Waals surface area (Å²) in [5.41, 5.74) is 3.15. The van der Waals surface area contributed by atoms with Crippen LogP contribution in [0.25, 0.3) is 0 Å². The lowest BCUT2D eigenvalue weighted by atomic mass is 10.2. The quantitative estimate of drug-likeness (QED) is 0.538. The molecule has 132 valence electrons. The second kappa shape index (κ2) is 9.68. The molecule has 2 aromatic rings. The van der Waals surface area contributed by atoms with Crippen molar-refractivity contribution in [3.05, 3.63) is 52.5 Å². The first-order chi connectivity index (χ1) is 12.1. The summed E-state index contributed by atoms with van der Waals surface area (Å²) in [5, 5.41) is 3.93. The molecule has 0 spiro atoms. The molecule has 0 radical (unpaired) electrons. The zero-order valence-electron chi connectivity index (χ0n) is 14.0. The van der Waals surface area contributed by atoms with Crippen LogP contribution in [0, 0.1) is 0 Å². The Kier molecular flexibility index (Phi) is 7.28. The Morgan fingerprint density at radius 2 is 1.88 bits per heavy atom. The zero-order chi connectivity index (χ0) is 18.1. The molecule has 1 N–H and O–H groups in total. The predicted octanol–water partition coefficient (Wildman–Crippen LogP) is 3.39. The Bertz CT molecular complexity index is 750. The van der Waals surface area contributed by atoms with E-state index in [9.17, 15) is 4.79 Å². The number of carbonyl (C=O) groups is 1. The van der Waals surface area contributed by atoms with Crippen LogP contribution in [0.2, 0.25) is 0 Å². The van der Waals surface area contributed by atoms with Gasteiger partial charge in [0.05, 0.1) is 19.9 Å². The molecule has 0 saturated carbocycles. The topological polar surface area (TPSA) is 69.2 Å². The number of hydrazone groups is 1. The van der Waals surface area contributed by atoms with Crippen LogP contribution in [-0.2, 0) is 4.79 Å². The van der Waals surface area contributed by atoms with Gasteiger partial charge in [-0.1, -0.05) is 28.1 Å². The summed E-state index contributed by atoms with van der Waals surface area (Å²) in [6.07, 6.45) is 1.51. The van der Waals surface area contributed by atoms with Crippen LogP contribution < -0.4 is 19.6 Å². The predicted molar refractivity (Wildman–Crippen MR) is 99.5 cm³/mol. The summed E-state index contributed by atoms with van der Waals surface area (Å²) < 4.78 is 17.0. The van der Waals surface area contributed by atoms with E-state index in [1.165, 1.54) is 6.21 Å². The minimum atomic E-state index is -0.378. The Hall–Kier alpha value is -2.54. The number of nitrogens with zero attached hydrogens (tertiary/aromatic N) is 1. The van der Waals surface area contributed by atoms with Gasteiger partial charge in [0.1, 0.15) is 5.75 Å². The molecule has 0 aliphatic rings. The third-order valence-corrected chi connectivity index (χ3v) is 3.59. The van der Waals surface area contributed by atoms with E-state index in [4.69, 9.17) is 14.2 Å². The molecule has 0 aliphatic carbocycles. The lowest BCUT2D eigenvalue weighted by Crippen LogP contribution is -2.24. The van der Waals surface area contributed by atoms with Gasteiger partial charge < -0.3 is 14.2 Å². The van der Waals surface area contributed by atoms with E-state index >= 15 is 0 Å². The number of hydrogen-bond donors (Lipinski definition) is 1. The van der Waals surface area contributed by atoms with E-state index in [1.54, 1.807) is 25.3 Å². The first-order valence-electron chi connectivity index (χ1n) is 7.64. The van der Waals surface area contributed by atoms with Crippen molar-refractivity contribution in [1.82, 2.24) is 5.43 Å². The van der Waals surface area contributed by atoms with E-state index in [-0.39, 0.29) is 12.5 Å². The molecular formula is C18H19BrN2O4. The molecule has 0 unspecified atom stereocenters. The van der Waals surface area contributed by atoms with Crippen LogP contribution in [-0.4, -0.2) is 32.4 Å². The van der Waals surface area contributed by atoms with Crippen LogP contribution >= 0.6 is 15.9 Å². The molecule has 0 atom stereocenters. The second-order valence-corrected chi connectivity index (χ2v) is 5.76. The molecule has 2 aromatic carbocycles. The Balaban J connectivity index is 1.90. The van der Waals surface area contributed by atoms with Gasteiger partial charge in [-0.2, -0.15) is 5.10 Å². The van der Waals surface area contributed by atoms with Gasteiger partial charge in [-0.15, -0.1) is 0 Å². The first-order valence-corrected chi connectivity index (χ1v) is 8.43. The highest BCUT2D eigenvalue weighted by Crippen LogP contribution is 2.26. The van der Waals surface area contributed by atoms with Crippen LogP contribution in [0.3, 0.4) is 0 Å². The third kappa shape index (κ3) is 5.79. The van der Waals surface area contributed by atoms with Crippen molar-refractivity contribution in [1.29, 1.82) is 0 Å². The molecule has 0 aliphatic heterocycles. The smallest absolute Gasteiger partial charge is 0.277 e. The molecule has 6 nitrogen and oxygen atoms in total. The van der Waals surface area contributed by atoms with Crippen LogP contribution in [0.5, 0.6) is 17.2 Å². The summed E-state index contributed by atoms with van der Waals surface area (Å²) in [6.45, 7) is 2.23. The number of halogens is 1. The van der Waals surface area contributed by atoms with E-state index in [0.717, 1.165) is 10.0 Å². The molecule has 0 bridgehead atoms. The van der Waals surface area contributed by atoms with E-state index in [0.29, 0.717) is 23.9 Å². The number of ether oxygens (including phenoxy) is 3. The van der Waals surface area contributed by atoms with Gasteiger partial charge in [0.15, 0.2) is 18.1 Å². The van der Waals surface area contributed by atoms with E-state index < -0.39 is 0 Å². The molecule has 7 heteroatoms. The van der Waals surface area contributed by atoms with Crippen molar-refractivity contribution >= 4 is 28.1 Å². The minimum Gasteiger partial charge on any atom is -0.496 e. The second-order valence-electron chi connectivity index (χ2n) is 4.85. The maximum absolute atomic E-state index is 11.9. The standard InChI is InChI=1S/C18H19BrN2O4/c1-3-24-16-6-4-5-7-17(16)25-12-18(22)21-20-11-13-10-14(19)8-9-15(13)23-2/h4-11H,3,12H2,1-2H3,(H,21,22)/b20-11+. The lowest BCUT2D eigenvalue weighted by Gasteiger charge is -2.10. The van der Waals surface area contributed by atoms with Crippen molar-refractivity contribution in [3.8, 4) is 17.2 Å². The fourth-order valence-corrected chi connectivity index (χ4v) is 2.38. The molecule has 2 rings (SSSR count). The number of benzene rings is 2. The molecule has 0 fully saturated rings. The average molecular weight is 407 g/mol. The highest BCUT2D eigenvalue weighted by Gasteiger charge is 2.07. The summed E-state index contributed by atoms with van der Waals surface area (Å²) in [5.74, 6) is 1.39. The molecule has 1 amide bonds. The zero-order valence-corrected chi connectivity index (χ0v) is 15.6. The summed E-state index contributed by atoms with van der Waals surface area (Å²) >= 11 is 3.38. The van der Waals surface area contributed by atoms with Gasteiger partial charge in [-0.3, -0.25) is 4.79 Å². The fraction of sp³-hybridized carbons (Fsp3) is 0.222.